The average molecular weight is 277 g/mol. The van der Waals surface area contributed by atoms with Crippen molar-refractivity contribution in [1.29, 1.82) is 0 Å². The molecule has 0 aliphatic heterocycles. The summed E-state index contributed by atoms with van der Waals surface area (Å²) in [5, 5.41) is 9.83. The van der Waals surface area contributed by atoms with E-state index in [1.807, 2.05) is 25.1 Å². The van der Waals surface area contributed by atoms with Crippen LogP contribution in [0.3, 0.4) is 0 Å². The molecule has 2 aromatic carbocycles. The molecule has 2 rings (SSSR count). The van der Waals surface area contributed by atoms with Gasteiger partial charge in [0.25, 0.3) is 0 Å². The Hall–Kier alpha value is -2.00. The van der Waals surface area contributed by atoms with Gasteiger partial charge in [-0.3, -0.25) is 0 Å². The number of hydrogen-bond donors (Lipinski definition) is 1. The summed E-state index contributed by atoms with van der Waals surface area (Å²) in [5.41, 5.74) is 2.48. The number of methoxy groups -OCH3 is 1. The highest BCUT2D eigenvalue weighted by Crippen LogP contribution is 2.33. The highest BCUT2D eigenvalue weighted by molar-refractivity contribution is 6.33. The van der Waals surface area contributed by atoms with E-state index >= 15 is 0 Å². The van der Waals surface area contributed by atoms with Crippen molar-refractivity contribution in [3.05, 3.63) is 52.5 Å². The van der Waals surface area contributed by atoms with Crippen LogP contribution >= 0.6 is 11.6 Å². The molecule has 0 radical (unpaired) electrons. The maximum absolute atomic E-state index is 11.3. The van der Waals surface area contributed by atoms with E-state index in [0.29, 0.717) is 21.9 Å². The fourth-order valence-corrected chi connectivity index (χ4v) is 2.24. The maximum Gasteiger partial charge on any atom is 0.336 e. The molecule has 0 aliphatic carbocycles. The maximum atomic E-state index is 11.3. The number of carboxylic acid groups (broad SMARTS) is 1. The van der Waals surface area contributed by atoms with Gasteiger partial charge in [0.05, 0.1) is 12.7 Å². The zero-order valence-electron chi connectivity index (χ0n) is 10.6. The van der Waals surface area contributed by atoms with Crippen LogP contribution in [0.5, 0.6) is 5.75 Å². The van der Waals surface area contributed by atoms with Gasteiger partial charge in [0.15, 0.2) is 0 Å². The second-order valence-electron chi connectivity index (χ2n) is 4.20. The molecule has 19 heavy (non-hydrogen) atoms. The lowest BCUT2D eigenvalue weighted by atomic mass is 9.98. The number of benzene rings is 2. The summed E-state index contributed by atoms with van der Waals surface area (Å²) < 4.78 is 5.05. The van der Waals surface area contributed by atoms with Gasteiger partial charge in [-0.1, -0.05) is 23.7 Å². The molecule has 0 aliphatic rings. The Bertz CT molecular complexity index is 635. The van der Waals surface area contributed by atoms with Crippen molar-refractivity contribution in [2.24, 2.45) is 0 Å². The number of ether oxygens (including phenoxy) is 1. The lowest BCUT2D eigenvalue weighted by Gasteiger charge is -2.10. The van der Waals surface area contributed by atoms with Crippen molar-refractivity contribution in [2.45, 2.75) is 6.92 Å². The second-order valence-corrected chi connectivity index (χ2v) is 4.61. The standard InChI is InChI=1S/C15H13ClO3/c1-9-3-5-12(14(16)7-9)11-6-4-10(19-2)8-13(11)15(17)18/h3-8H,1-2H3,(H,17,18). The first-order valence-corrected chi connectivity index (χ1v) is 6.08. The van der Waals surface area contributed by atoms with Crippen molar-refractivity contribution in [1.82, 2.24) is 0 Å². The van der Waals surface area contributed by atoms with Crippen molar-refractivity contribution < 1.29 is 14.6 Å². The fourth-order valence-electron chi connectivity index (χ4n) is 1.90. The van der Waals surface area contributed by atoms with E-state index < -0.39 is 5.97 Å². The van der Waals surface area contributed by atoms with Gasteiger partial charge in [0.2, 0.25) is 0 Å². The molecule has 4 heteroatoms. The van der Waals surface area contributed by atoms with Crippen LogP contribution in [0.1, 0.15) is 15.9 Å². The molecule has 98 valence electrons. The Morgan fingerprint density at radius 3 is 2.42 bits per heavy atom. The molecule has 0 spiro atoms. The molecule has 0 unspecified atom stereocenters. The van der Waals surface area contributed by atoms with Gasteiger partial charge in [-0.25, -0.2) is 4.79 Å². The largest absolute Gasteiger partial charge is 0.497 e. The molecule has 1 N–H and O–H groups in total. The predicted molar refractivity (Wildman–Crippen MR) is 75.1 cm³/mol. The zero-order chi connectivity index (χ0) is 14.0. The number of halogens is 1. The van der Waals surface area contributed by atoms with Crippen LogP contribution in [0.15, 0.2) is 36.4 Å². The van der Waals surface area contributed by atoms with Gasteiger partial charge in [-0.15, -0.1) is 0 Å². The summed E-state index contributed by atoms with van der Waals surface area (Å²) >= 11 is 6.19. The number of aromatic carboxylic acids is 1. The van der Waals surface area contributed by atoms with Crippen LogP contribution in [0, 0.1) is 6.92 Å². The SMILES string of the molecule is COc1ccc(-c2ccc(C)cc2Cl)c(C(=O)O)c1. The van der Waals surface area contributed by atoms with E-state index in [2.05, 4.69) is 0 Å². The molecule has 0 amide bonds. The summed E-state index contributed by atoms with van der Waals surface area (Å²) in [7, 11) is 1.50. The van der Waals surface area contributed by atoms with E-state index in [9.17, 15) is 9.90 Å². The molecule has 0 saturated carbocycles. The van der Waals surface area contributed by atoms with Crippen molar-refractivity contribution >= 4 is 17.6 Å². The normalized spacial score (nSPS) is 10.3. The topological polar surface area (TPSA) is 46.5 Å². The number of aryl methyl sites for hydroxylation is 1. The Morgan fingerprint density at radius 2 is 1.84 bits per heavy atom. The van der Waals surface area contributed by atoms with Gasteiger partial charge < -0.3 is 9.84 Å². The zero-order valence-corrected chi connectivity index (χ0v) is 11.4. The summed E-state index contributed by atoms with van der Waals surface area (Å²) in [4.78, 5) is 11.3. The van der Waals surface area contributed by atoms with E-state index in [0.717, 1.165) is 5.56 Å². The lowest BCUT2D eigenvalue weighted by Crippen LogP contribution is -2.00. The van der Waals surface area contributed by atoms with Crippen molar-refractivity contribution in [2.75, 3.05) is 7.11 Å². The Labute approximate surface area is 116 Å². The van der Waals surface area contributed by atoms with E-state index in [1.165, 1.54) is 13.2 Å². The van der Waals surface area contributed by atoms with Gasteiger partial charge in [-0.05, 0) is 42.3 Å². The summed E-state index contributed by atoms with van der Waals surface area (Å²) in [6.45, 7) is 1.93. The third-order valence-corrected chi connectivity index (χ3v) is 3.18. The Kier molecular flexibility index (Phi) is 3.76. The molecule has 2 aromatic rings. The Morgan fingerprint density at radius 1 is 1.16 bits per heavy atom. The Balaban J connectivity index is 2.64. The molecule has 3 nitrogen and oxygen atoms in total. The van der Waals surface area contributed by atoms with Crippen LogP contribution in [0.2, 0.25) is 5.02 Å². The minimum atomic E-state index is -1.01. The minimum absolute atomic E-state index is 0.171. The first kappa shape index (κ1) is 13.4. The van der Waals surface area contributed by atoms with Crippen LogP contribution in [0.25, 0.3) is 11.1 Å². The lowest BCUT2D eigenvalue weighted by molar-refractivity contribution is 0.0697. The van der Waals surface area contributed by atoms with Gasteiger partial charge >= 0.3 is 5.97 Å². The van der Waals surface area contributed by atoms with E-state index in [-0.39, 0.29) is 5.56 Å². The van der Waals surface area contributed by atoms with Crippen LogP contribution in [-0.2, 0) is 0 Å². The molecule has 0 bridgehead atoms. The first-order chi connectivity index (χ1) is 9.02. The van der Waals surface area contributed by atoms with E-state index in [4.69, 9.17) is 16.3 Å². The number of hydrogen-bond acceptors (Lipinski definition) is 2. The predicted octanol–water partition coefficient (Wildman–Crippen LogP) is 4.02. The molecule has 0 fully saturated rings. The van der Waals surface area contributed by atoms with Gasteiger partial charge in [0.1, 0.15) is 5.75 Å². The van der Waals surface area contributed by atoms with Crippen molar-refractivity contribution in [3.63, 3.8) is 0 Å². The third kappa shape index (κ3) is 2.71. The number of carbonyl (C=O) groups is 1. The van der Waals surface area contributed by atoms with Crippen LogP contribution in [-0.4, -0.2) is 18.2 Å². The smallest absolute Gasteiger partial charge is 0.336 e. The summed E-state index contributed by atoms with van der Waals surface area (Å²) in [5.74, 6) is -0.505. The fraction of sp³-hybridized carbons (Fsp3) is 0.133. The molecular weight excluding hydrogens is 264 g/mol. The third-order valence-electron chi connectivity index (χ3n) is 2.87. The summed E-state index contributed by atoms with van der Waals surface area (Å²) in [6, 6.07) is 10.5. The minimum Gasteiger partial charge on any atom is -0.497 e. The van der Waals surface area contributed by atoms with Crippen LogP contribution in [0.4, 0.5) is 0 Å². The van der Waals surface area contributed by atoms with Gasteiger partial charge in [0, 0.05) is 10.6 Å². The average Bonchev–Trinajstić information content (AvgIpc) is 2.38. The molecular formula is C15H13ClO3. The molecule has 0 heterocycles. The number of carboxylic acids is 1. The van der Waals surface area contributed by atoms with Crippen molar-refractivity contribution in [3.8, 4) is 16.9 Å². The first-order valence-electron chi connectivity index (χ1n) is 5.71. The monoisotopic (exact) mass is 276 g/mol. The van der Waals surface area contributed by atoms with Crippen LogP contribution < -0.4 is 4.74 Å². The van der Waals surface area contributed by atoms with E-state index in [1.54, 1.807) is 12.1 Å². The number of rotatable bonds is 3. The second kappa shape index (κ2) is 5.33. The van der Waals surface area contributed by atoms with Gasteiger partial charge in [-0.2, -0.15) is 0 Å². The highest BCUT2D eigenvalue weighted by Gasteiger charge is 2.15. The molecule has 0 saturated heterocycles. The highest BCUT2D eigenvalue weighted by atomic mass is 35.5. The molecule has 0 aromatic heterocycles. The summed E-state index contributed by atoms with van der Waals surface area (Å²) in [6.07, 6.45) is 0. The quantitative estimate of drug-likeness (QED) is 0.921. The molecule has 0 atom stereocenters.